The van der Waals surface area contributed by atoms with Gasteiger partial charge in [-0.15, -0.1) is 0 Å². The fraction of sp³-hybridized carbons (Fsp3) is 0.375. The van der Waals surface area contributed by atoms with Gasteiger partial charge in [-0.05, 0) is 24.6 Å². The third-order valence-electron chi connectivity index (χ3n) is 3.26. The fourth-order valence-electron chi connectivity index (χ4n) is 2.09. The van der Waals surface area contributed by atoms with Gasteiger partial charge in [0.2, 0.25) is 0 Å². The minimum absolute atomic E-state index is 0.141. The summed E-state index contributed by atoms with van der Waals surface area (Å²) in [6, 6.07) is 4.66. The molecule has 0 saturated heterocycles. The number of benzene rings is 1. The highest BCUT2D eigenvalue weighted by molar-refractivity contribution is 5.79. The molecular weight excluding hydrogens is 338 g/mol. The van der Waals surface area contributed by atoms with Gasteiger partial charge in [-0.3, -0.25) is 0 Å². The Morgan fingerprint density at radius 1 is 1.28 bits per heavy atom. The number of aliphatic imine (C=N–C) groups is 1. The van der Waals surface area contributed by atoms with E-state index < -0.39 is 18.4 Å². The van der Waals surface area contributed by atoms with Crippen LogP contribution in [0.1, 0.15) is 18.9 Å². The van der Waals surface area contributed by atoms with Crippen molar-refractivity contribution in [3.05, 3.63) is 48.3 Å². The largest absolute Gasteiger partial charge is 0.390 e. The van der Waals surface area contributed by atoms with Gasteiger partial charge in [0.25, 0.3) is 0 Å². The lowest BCUT2D eigenvalue weighted by Crippen LogP contribution is -2.38. The van der Waals surface area contributed by atoms with Crippen molar-refractivity contribution in [3.8, 4) is 5.69 Å². The molecule has 0 saturated carbocycles. The molecule has 136 valence electrons. The van der Waals surface area contributed by atoms with Gasteiger partial charge in [0.1, 0.15) is 5.82 Å². The molecular formula is C16H19F4N5. The van der Waals surface area contributed by atoms with Gasteiger partial charge in [-0.1, -0.05) is 6.07 Å². The summed E-state index contributed by atoms with van der Waals surface area (Å²) in [7, 11) is 0. The second kappa shape index (κ2) is 8.50. The number of hydrogen-bond acceptors (Lipinski definition) is 2. The predicted octanol–water partition coefficient (Wildman–Crippen LogP) is 3.02. The first-order valence-corrected chi connectivity index (χ1v) is 7.74. The van der Waals surface area contributed by atoms with E-state index in [1.807, 2.05) is 0 Å². The third kappa shape index (κ3) is 6.09. The Hall–Kier alpha value is -2.58. The molecule has 0 aliphatic heterocycles. The van der Waals surface area contributed by atoms with Gasteiger partial charge in [0.05, 0.1) is 25.0 Å². The summed E-state index contributed by atoms with van der Waals surface area (Å²) in [4.78, 5) is 8.04. The van der Waals surface area contributed by atoms with E-state index in [2.05, 4.69) is 20.6 Å². The maximum atomic E-state index is 14.2. The lowest BCUT2D eigenvalue weighted by Gasteiger charge is -2.12. The molecule has 2 aromatic rings. The highest BCUT2D eigenvalue weighted by Gasteiger charge is 2.26. The van der Waals surface area contributed by atoms with Crippen molar-refractivity contribution >= 4 is 5.96 Å². The highest BCUT2D eigenvalue weighted by Crippen LogP contribution is 2.18. The van der Waals surface area contributed by atoms with Gasteiger partial charge in [0, 0.05) is 25.5 Å². The molecule has 0 amide bonds. The first-order valence-electron chi connectivity index (χ1n) is 7.74. The molecule has 2 rings (SSSR count). The fourth-order valence-corrected chi connectivity index (χ4v) is 2.09. The molecule has 0 spiro atoms. The highest BCUT2D eigenvalue weighted by atomic mass is 19.4. The second-order valence-corrected chi connectivity index (χ2v) is 5.24. The predicted molar refractivity (Wildman–Crippen MR) is 87.0 cm³/mol. The van der Waals surface area contributed by atoms with Crippen LogP contribution in [0.25, 0.3) is 5.69 Å². The normalized spacial score (nSPS) is 12.3. The van der Waals surface area contributed by atoms with Crippen molar-refractivity contribution in [2.24, 2.45) is 4.99 Å². The zero-order valence-corrected chi connectivity index (χ0v) is 13.6. The molecule has 0 fully saturated rings. The van der Waals surface area contributed by atoms with Crippen molar-refractivity contribution in [1.29, 1.82) is 0 Å². The van der Waals surface area contributed by atoms with Crippen LogP contribution in [0.2, 0.25) is 0 Å². The van der Waals surface area contributed by atoms with Crippen LogP contribution in [0, 0.1) is 5.82 Å². The molecule has 25 heavy (non-hydrogen) atoms. The summed E-state index contributed by atoms with van der Waals surface area (Å²) in [6.07, 6.45) is -0.511. The van der Waals surface area contributed by atoms with Crippen LogP contribution in [0.3, 0.4) is 0 Å². The Labute approximate surface area is 142 Å². The molecule has 9 heteroatoms. The van der Waals surface area contributed by atoms with Crippen LogP contribution in [0.5, 0.6) is 0 Å². The number of aromatic nitrogens is 2. The van der Waals surface area contributed by atoms with E-state index in [1.54, 1.807) is 36.0 Å². The van der Waals surface area contributed by atoms with Gasteiger partial charge >= 0.3 is 6.18 Å². The molecule has 0 atom stereocenters. The van der Waals surface area contributed by atoms with Gasteiger partial charge < -0.3 is 15.2 Å². The zero-order chi connectivity index (χ0) is 18.3. The summed E-state index contributed by atoms with van der Waals surface area (Å²) in [5.41, 5.74) is 0.967. The van der Waals surface area contributed by atoms with Crippen molar-refractivity contribution < 1.29 is 17.6 Å². The van der Waals surface area contributed by atoms with Gasteiger partial charge in [-0.25, -0.2) is 14.4 Å². The summed E-state index contributed by atoms with van der Waals surface area (Å²) in [5.74, 6) is -0.174. The van der Waals surface area contributed by atoms with Crippen LogP contribution in [-0.2, 0) is 6.54 Å². The number of hydrogen-bond donors (Lipinski definition) is 2. The molecule has 1 heterocycles. The minimum atomic E-state index is -4.23. The Morgan fingerprint density at radius 2 is 2.08 bits per heavy atom. The van der Waals surface area contributed by atoms with E-state index >= 15 is 0 Å². The molecule has 0 bridgehead atoms. The number of alkyl halides is 3. The number of nitrogens with zero attached hydrogens (tertiary/aromatic N) is 3. The Balaban J connectivity index is 2.00. The number of rotatable bonds is 6. The zero-order valence-electron chi connectivity index (χ0n) is 13.6. The van der Waals surface area contributed by atoms with Crippen LogP contribution >= 0.6 is 0 Å². The lowest BCUT2D eigenvalue weighted by molar-refractivity contribution is -0.132. The summed E-state index contributed by atoms with van der Waals surface area (Å²) in [6.45, 7) is 2.18. The molecule has 1 aromatic heterocycles. The van der Waals surface area contributed by atoms with E-state index in [0.717, 1.165) is 0 Å². The van der Waals surface area contributed by atoms with Crippen molar-refractivity contribution in [1.82, 2.24) is 20.2 Å². The maximum Gasteiger partial charge on any atom is 0.390 e. The van der Waals surface area contributed by atoms with Crippen molar-refractivity contribution in [2.45, 2.75) is 26.1 Å². The van der Waals surface area contributed by atoms with Crippen molar-refractivity contribution in [3.63, 3.8) is 0 Å². The molecule has 1 aromatic carbocycles. The quantitative estimate of drug-likeness (QED) is 0.475. The molecule has 0 aliphatic rings. The third-order valence-corrected chi connectivity index (χ3v) is 3.26. The van der Waals surface area contributed by atoms with E-state index in [0.29, 0.717) is 17.8 Å². The number of nitrogens with one attached hydrogen (secondary N) is 2. The second-order valence-electron chi connectivity index (χ2n) is 5.24. The van der Waals surface area contributed by atoms with E-state index in [9.17, 15) is 17.6 Å². The first-order chi connectivity index (χ1) is 11.9. The molecule has 0 radical (unpaired) electrons. The molecule has 5 nitrogen and oxygen atoms in total. The van der Waals surface area contributed by atoms with Crippen LogP contribution < -0.4 is 10.6 Å². The summed E-state index contributed by atoms with van der Waals surface area (Å²) >= 11 is 0. The molecule has 0 unspecified atom stereocenters. The number of imidazole rings is 1. The Morgan fingerprint density at radius 3 is 2.68 bits per heavy atom. The van der Waals surface area contributed by atoms with Crippen LogP contribution in [0.15, 0.2) is 41.9 Å². The van der Waals surface area contributed by atoms with Crippen molar-refractivity contribution in [2.75, 3.05) is 13.1 Å². The lowest BCUT2D eigenvalue weighted by atomic mass is 10.2. The van der Waals surface area contributed by atoms with Crippen LogP contribution in [0.4, 0.5) is 17.6 Å². The van der Waals surface area contributed by atoms with E-state index in [-0.39, 0.29) is 19.0 Å². The monoisotopic (exact) mass is 357 g/mol. The molecule has 2 N–H and O–H groups in total. The maximum absolute atomic E-state index is 14.2. The minimum Gasteiger partial charge on any atom is -0.357 e. The first kappa shape index (κ1) is 18.8. The Bertz CT molecular complexity index is 695. The number of halogens is 4. The number of guanidine groups is 1. The SMILES string of the molecule is CCNC(=NCc1ccc(-n2ccnc2)c(F)c1)NCCC(F)(F)F. The van der Waals surface area contributed by atoms with Gasteiger partial charge in [-0.2, -0.15) is 13.2 Å². The average molecular weight is 357 g/mol. The average Bonchev–Trinajstić information content (AvgIpc) is 3.05. The summed E-state index contributed by atoms with van der Waals surface area (Å²) in [5, 5.41) is 5.46. The van der Waals surface area contributed by atoms with E-state index in [4.69, 9.17) is 0 Å². The standard InChI is InChI=1S/C16H19F4N5/c1-2-22-15(23-6-5-16(18,19)20)24-10-12-3-4-14(13(17)9-12)25-8-7-21-11-25/h3-4,7-9,11H,2,5-6,10H2,1H3,(H2,22,23,24). The molecule has 0 aliphatic carbocycles. The summed E-state index contributed by atoms with van der Waals surface area (Å²) < 4.78 is 52.3. The van der Waals surface area contributed by atoms with Crippen LogP contribution in [-0.4, -0.2) is 34.8 Å². The smallest absolute Gasteiger partial charge is 0.357 e. The van der Waals surface area contributed by atoms with Gasteiger partial charge in [0.15, 0.2) is 5.96 Å². The Kier molecular flexibility index (Phi) is 6.37. The van der Waals surface area contributed by atoms with E-state index in [1.165, 1.54) is 12.4 Å². The topological polar surface area (TPSA) is 54.2 Å².